The average molecular weight is 172 g/mol. The minimum absolute atomic E-state index is 0.315. The molecule has 0 spiro atoms. The predicted molar refractivity (Wildman–Crippen MR) is 48.1 cm³/mol. The quantitative estimate of drug-likeness (QED) is 0.603. The summed E-state index contributed by atoms with van der Waals surface area (Å²) in [7, 11) is -0.846. The van der Waals surface area contributed by atoms with Gasteiger partial charge in [0.15, 0.2) is 9.04 Å². The van der Waals surface area contributed by atoms with Crippen molar-refractivity contribution < 1.29 is 9.16 Å². The van der Waals surface area contributed by atoms with E-state index in [-0.39, 0.29) is 0 Å². The van der Waals surface area contributed by atoms with Gasteiger partial charge in [-0.25, -0.2) is 0 Å². The summed E-state index contributed by atoms with van der Waals surface area (Å²) in [4.78, 5) is 0. The van der Waals surface area contributed by atoms with E-state index in [2.05, 4.69) is 19.2 Å². The molecule has 0 aromatic rings. The fourth-order valence-electron chi connectivity index (χ4n) is 1.01. The molecule has 1 aliphatic heterocycles. The van der Waals surface area contributed by atoms with Crippen molar-refractivity contribution in [3.8, 4) is 0 Å². The number of hydrogen-bond acceptors (Lipinski definition) is 2. The van der Waals surface area contributed by atoms with Crippen LogP contribution in [0, 0.1) is 0 Å². The van der Waals surface area contributed by atoms with E-state index in [1.807, 2.05) is 0 Å². The van der Waals surface area contributed by atoms with Gasteiger partial charge in [0.05, 0.1) is 12.9 Å². The molecule has 0 aromatic carbocycles. The highest BCUT2D eigenvalue weighted by Crippen LogP contribution is 2.10. The molecule has 0 saturated carbocycles. The van der Waals surface area contributed by atoms with E-state index >= 15 is 0 Å². The van der Waals surface area contributed by atoms with Gasteiger partial charge in [0.25, 0.3) is 0 Å². The van der Waals surface area contributed by atoms with E-state index in [0.717, 1.165) is 19.4 Å². The Hall–Kier alpha value is -0.283. The third kappa shape index (κ3) is 3.58. The average Bonchev–Trinajstić information content (AvgIpc) is 2.03. The summed E-state index contributed by atoms with van der Waals surface area (Å²) < 4.78 is 10.9. The van der Waals surface area contributed by atoms with Crippen LogP contribution in [0.25, 0.3) is 0 Å². The summed E-state index contributed by atoms with van der Waals surface area (Å²) in [6, 6.07) is 0. The van der Waals surface area contributed by atoms with Gasteiger partial charge < -0.3 is 9.16 Å². The van der Waals surface area contributed by atoms with E-state index in [1.54, 1.807) is 6.26 Å². The van der Waals surface area contributed by atoms with Crippen molar-refractivity contribution in [1.29, 1.82) is 0 Å². The third-order valence-electron chi connectivity index (χ3n) is 1.64. The second-order valence-electron chi connectivity index (χ2n) is 3.09. The molecule has 64 valence electrons. The van der Waals surface area contributed by atoms with Crippen LogP contribution >= 0.6 is 0 Å². The van der Waals surface area contributed by atoms with Crippen molar-refractivity contribution in [3.63, 3.8) is 0 Å². The summed E-state index contributed by atoms with van der Waals surface area (Å²) in [5.41, 5.74) is 0. The lowest BCUT2D eigenvalue weighted by Crippen LogP contribution is -2.23. The molecular formula is C8H16O2Si. The zero-order valence-electron chi connectivity index (χ0n) is 7.25. The van der Waals surface area contributed by atoms with E-state index in [0.29, 0.717) is 6.10 Å². The topological polar surface area (TPSA) is 18.5 Å². The van der Waals surface area contributed by atoms with E-state index in [4.69, 9.17) is 9.16 Å². The van der Waals surface area contributed by atoms with Crippen molar-refractivity contribution in [2.24, 2.45) is 0 Å². The van der Waals surface area contributed by atoms with Crippen molar-refractivity contribution in [2.75, 3.05) is 6.61 Å². The van der Waals surface area contributed by atoms with Crippen LogP contribution in [0.2, 0.25) is 13.1 Å². The van der Waals surface area contributed by atoms with Gasteiger partial charge in [-0.1, -0.05) is 0 Å². The normalized spacial score (nSPS) is 23.7. The smallest absolute Gasteiger partial charge is 0.171 e. The van der Waals surface area contributed by atoms with Crippen LogP contribution in [0.5, 0.6) is 0 Å². The Morgan fingerprint density at radius 1 is 1.64 bits per heavy atom. The molecule has 1 rings (SSSR count). The number of hydrogen-bond donors (Lipinski definition) is 0. The summed E-state index contributed by atoms with van der Waals surface area (Å²) in [5.74, 6) is 0. The van der Waals surface area contributed by atoms with Crippen molar-refractivity contribution >= 4 is 9.04 Å². The summed E-state index contributed by atoms with van der Waals surface area (Å²) in [6.07, 6.45) is 6.41. The zero-order valence-corrected chi connectivity index (χ0v) is 8.40. The maximum atomic E-state index is 5.56. The Morgan fingerprint density at radius 2 is 2.45 bits per heavy atom. The Morgan fingerprint density at radius 3 is 3.00 bits per heavy atom. The first-order chi connectivity index (χ1) is 5.29. The molecule has 11 heavy (non-hydrogen) atoms. The monoisotopic (exact) mass is 172 g/mol. The standard InChI is InChI=1S/C8H16O2Si/c1-11(2)10-7-8-5-3-4-6-9-8/h4,6,8,11H,3,5,7H2,1-2H3. The van der Waals surface area contributed by atoms with E-state index in [9.17, 15) is 0 Å². The van der Waals surface area contributed by atoms with Crippen molar-refractivity contribution in [1.82, 2.24) is 0 Å². The lowest BCUT2D eigenvalue weighted by atomic mass is 10.2. The Bertz CT molecular complexity index is 134. The first kappa shape index (κ1) is 8.81. The van der Waals surface area contributed by atoms with Crippen LogP contribution in [-0.4, -0.2) is 21.8 Å². The SMILES string of the molecule is C[SiH](C)OCC1CCC=CO1. The second kappa shape index (κ2) is 4.57. The molecule has 0 bridgehead atoms. The van der Waals surface area contributed by atoms with Crippen LogP contribution < -0.4 is 0 Å². The molecule has 1 heterocycles. The van der Waals surface area contributed by atoms with Gasteiger partial charge in [0.2, 0.25) is 0 Å². The largest absolute Gasteiger partial charge is 0.496 e. The molecule has 1 atom stereocenters. The fourth-order valence-corrected chi connectivity index (χ4v) is 1.61. The Kier molecular flexibility index (Phi) is 3.66. The van der Waals surface area contributed by atoms with Crippen LogP contribution in [0.3, 0.4) is 0 Å². The third-order valence-corrected chi connectivity index (χ3v) is 2.50. The molecule has 3 heteroatoms. The molecule has 0 aromatic heterocycles. The van der Waals surface area contributed by atoms with Gasteiger partial charge in [-0.2, -0.15) is 0 Å². The molecular weight excluding hydrogens is 156 g/mol. The van der Waals surface area contributed by atoms with Gasteiger partial charge in [-0.3, -0.25) is 0 Å². The van der Waals surface area contributed by atoms with Gasteiger partial charge in [0, 0.05) is 0 Å². The van der Waals surface area contributed by atoms with E-state index < -0.39 is 9.04 Å². The molecule has 1 aliphatic rings. The number of ether oxygens (including phenoxy) is 1. The molecule has 1 unspecified atom stereocenters. The lowest BCUT2D eigenvalue weighted by Gasteiger charge is -2.20. The maximum Gasteiger partial charge on any atom is 0.171 e. The first-order valence-corrected chi connectivity index (χ1v) is 6.99. The molecule has 2 nitrogen and oxygen atoms in total. The molecule has 0 radical (unpaired) electrons. The Balaban J connectivity index is 2.11. The van der Waals surface area contributed by atoms with Crippen LogP contribution in [0.15, 0.2) is 12.3 Å². The van der Waals surface area contributed by atoms with Crippen LogP contribution in [0.1, 0.15) is 12.8 Å². The van der Waals surface area contributed by atoms with Crippen molar-refractivity contribution in [3.05, 3.63) is 12.3 Å². The molecule has 0 saturated heterocycles. The second-order valence-corrected chi connectivity index (χ2v) is 5.52. The zero-order chi connectivity index (χ0) is 8.10. The predicted octanol–water partition coefficient (Wildman–Crippen LogP) is 1.68. The van der Waals surface area contributed by atoms with Gasteiger partial charge in [-0.05, 0) is 32.0 Å². The van der Waals surface area contributed by atoms with Gasteiger partial charge in [-0.15, -0.1) is 0 Å². The maximum absolute atomic E-state index is 5.56. The highest BCUT2D eigenvalue weighted by molar-refractivity contribution is 6.48. The molecule has 0 aliphatic carbocycles. The van der Waals surface area contributed by atoms with Crippen molar-refractivity contribution in [2.45, 2.75) is 32.0 Å². The molecule has 0 fully saturated rings. The first-order valence-electron chi connectivity index (χ1n) is 4.21. The van der Waals surface area contributed by atoms with E-state index in [1.165, 1.54) is 0 Å². The highest BCUT2D eigenvalue weighted by Gasteiger charge is 2.11. The minimum Gasteiger partial charge on any atom is -0.496 e. The summed E-state index contributed by atoms with van der Waals surface area (Å²) in [6.45, 7) is 5.14. The summed E-state index contributed by atoms with van der Waals surface area (Å²) >= 11 is 0. The lowest BCUT2D eigenvalue weighted by molar-refractivity contribution is 0.0730. The van der Waals surface area contributed by atoms with Gasteiger partial charge in [0.1, 0.15) is 6.10 Å². The Labute approximate surface area is 69.9 Å². The van der Waals surface area contributed by atoms with Gasteiger partial charge >= 0.3 is 0 Å². The number of allylic oxidation sites excluding steroid dienone is 1. The number of rotatable bonds is 3. The highest BCUT2D eigenvalue weighted by atomic mass is 28.3. The fraction of sp³-hybridized carbons (Fsp3) is 0.750. The minimum atomic E-state index is -0.846. The molecule has 0 N–H and O–H groups in total. The molecule has 0 amide bonds. The summed E-state index contributed by atoms with van der Waals surface area (Å²) in [5, 5.41) is 0. The van der Waals surface area contributed by atoms with Crippen LogP contribution in [-0.2, 0) is 9.16 Å². The van der Waals surface area contributed by atoms with Crippen LogP contribution in [0.4, 0.5) is 0 Å².